The molecular formula is C4H7NO. The first-order chi connectivity index (χ1) is 2.81. The third-order valence-corrected chi connectivity index (χ3v) is 0.453. The van der Waals surface area contributed by atoms with Gasteiger partial charge in [-0.25, -0.2) is 0 Å². The highest BCUT2D eigenvalue weighted by atomic mass is 16.4. The van der Waals surface area contributed by atoms with Gasteiger partial charge in [0.25, 0.3) is 0 Å². The van der Waals surface area contributed by atoms with E-state index in [-0.39, 0.29) is 0 Å². The molecule has 0 aromatic rings. The maximum atomic E-state index is 7.85. The predicted molar refractivity (Wildman–Crippen MR) is 25.1 cm³/mol. The Labute approximate surface area is 36.8 Å². The van der Waals surface area contributed by atoms with Crippen LogP contribution in [-0.2, 0) is 0 Å². The predicted octanol–water partition coefficient (Wildman–Crippen LogP) is 1.02. The van der Waals surface area contributed by atoms with E-state index in [1.165, 1.54) is 6.08 Å². The Bertz CT molecular complexity index is 75.6. The Balaban J connectivity index is 3.50. The summed E-state index contributed by atoms with van der Waals surface area (Å²) in [4.78, 5) is 0. The van der Waals surface area contributed by atoms with Crippen molar-refractivity contribution in [1.29, 1.82) is 0 Å². The van der Waals surface area contributed by atoms with Gasteiger partial charge in [-0.1, -0.05) is 11.7 Å². The first-order valence-corrected chi connectivity index (χ1v) is 1.62. The first kappa shape index (κ1) is 5.21. The highest BCUT2D eigenvalue weighted by Gasteiger charge is 1.71. The van der Waals surface area contributed by atoms with Crippen molar-refractivity contribution in [3.8, 4) is 0 Å². The zero-order valence-electron chi connectivity index (χ0n) is 3.68. The fraction of sp³-hybridized carbons (Fsp3) is 0.250. The number of nitrogens with zero attached hydrogens (tertiary/aromatic N) is 1. The second-order valence-corrected chi connectivity index (χ2v) is 0.946. The molecule has 0 aromatic heterocycles. The smallest absolute Gasteiger partial charge is 0.0758 e. The number of oxime groups is 1. The summed E-state index contributed by atoms with van der Waals surface area (Å²) in [5.74, 6) is 0. The van der Waals surface area contributed by atoms with E-state index in [0.29, 0.717) is 5.71 Å². The molecule has 2 nitrogen and oxygen atoms in total. The molecule has 0 atom stereocenters. The quantitative estimate of drug-likeness (QED) is 0.288. The van der Waals surface area contributed by atoms with Crippen LogP contribution < -0.4 is 0 Å². The minimum Gasteiger partial charge on any atom is -0.411 e. The molecule has 0 amide bonds. The summed E-state index contributed by atoms with van der Waals surface area (Å²) < 4.78 is 0. The van der Waals surface area contributed by atoms with E-state index in [0.717, 1.165) is 0 Å². The van der Waals surface area contributed by atoms with Crippen molar-refractivity contribution in [2.24, 2.45) is 5.16 Å². The third kappa shape index (κ3) is 1.52. The van der Waals surface area contributed by atoms with Crippen LogP contribution in [0.15, 0.2) is 17.8 Å². The third-order valence-electron chi connectivity index (χ3n) is 0.453. The number of hydrogen-bond acceptors (Lipinski definition) is 2. The number of hydrogen-bond donors (Lipinski definition) is 1. The summed E-state index contributed by atoms with van der Waals surface area (Å²) in [6.07, 6.45) is 1.47. The molecule has 2 heteroatoms. The molecular weight excluding hydrogens is 78.0 g/mol. The molecule has 0 aromatic carbocycles. The average molecular weight is 85.1 g/mol. The highest BCUT2D eigenvalue weighted by molar-refractivity contribution is 5.91. The zero-order chi connectivity index (χ0) is 4.99. The molecule has 1 N–H and O–H groups in total. The van der Waals surface area contributed by atoms with Crippen molar-refractivity contribution in [3.63, 3.8) is 0 Å². The van der Waals surface area contributed by atoms with Gasteiger partial charge in [0.05, 0.1) is 5.71 Å². The lowest BCUT2D eigenvalue weighted by Gasteiger charge is -1.75. The molecule has 0 aliphatic carbocycles. The summed E-state index contributed by atoms with van der Waals surface area (Å²) in [5, 5.41) is 10.7. The standard InChI is InChI=1S/C4H7NO/c1-3-4(2)5-6/h3,6H,1H2,2H3/b5-4-. The molecule has 0 saturated carbocycles. The van der Waals surface area contributed by atoms with Gasteiger partial charge in [0, 0.05) is 0 Å². The molecule has 0 aliphatic heterocycles. The van der Waals surface area contributed by atoms with E-state index in [9.17, 15) is 0 Å². The Hall–Kier alpha value is -0.790. The lowest BCUT2D eigenvalue weighted by atomic mass is 10.4. The molecule has 0 aliphatic rings. The highest BCUT2D eigenvalue weighted by Crippen LogP contribution is 1.69. The van der Waals surface area contributed by atoms with Gasteiger partial charge in [0.1, 0.15) is 0 Å². The van der Waals surface area contributed by atoms with Gasteiger partial charge < -0.3 is 5.21 Å². The van der Waals surface area contributed by atoms with Gasteiger partial charge in [-0.05, 0) is 13.0 Å². The van der Waals surface area contributed by atoms with E-state index >= 15 is 0 Å². The van der Waals surface area contributed by atoms with Crippen LogP contribution in [0.25, 0.3) is 0 Å². The molecule has 0 radical (unpaired) electrons. The molecule has 0 saturated heterocycles. The summed E-state index contributed by atoms with van der Waals surface area (Å²) >= 11 is 0. The minimum atomic E-state index is 0.537. The van der Waals surface area contributed by atoms with Crippen molar-refractivity contribution < 1.29 is 5.21 Å². The molecule has 0 heterocycles. The maximum Gasteiger partial charge on any atom is 0.0758 e. The molecule has 6 heavy (non-hydrogen) atoms. The lowest BCUT2D eigenvalue weighted by molar-refractivity contribution is 0.319. The van der Waals surface area contributed by atoms with Gasteiger partial charge in [-0.15, -0.1) is 0 Å². The minimum absolute atomic E-state index is 0.537. The Morgan fingerprint density at radius 1 is 2.00 bits per heavy atom. The topological polar surface area (TPSA) is 32.6 Å². The lowest BCUT2D eigenvalue weighted by Crippen LogP contribution is -1.78. The first-order valence-electron chi connectivity index (χ1n) is 1.62. The largest absolute Gasteiger partial charge is 0.411 e. The Kier molecular flexibility index (Phi) is 2.13. The summed E-state index contributed by atoms with van der Waals surface area (Å²) in [7, 11) is 0. The van der Waals surface area contributed by atoms with E-state index in [4.69, 9.17) is 5.21 Å². The van der Waals surface area contributed by atoms with Gasteiger partial charge in [0.15, 0.2) is 0 Å². The van der Waals surface area contributed by atoms with Crippen LogP contribution in [0, 0.1) is 0 Å². The number of allylic oxidation sites excluding steroid dienone is 1. The van der Waals surface area contributed by atoms with Crippen molar-refractivity contribution in [1.82, 2.24) is 0 Å². The Morgan fingerprint density at radius 2 is 2.50 bits per heavy atom. The summed E-state index contributed by atoms with van der Waals surface area (Å²) in [5.41, 5.74) is 0.537. The molecule has 0 bridgehead atoms. The summed E-state index contributed by atoms with van der Waals surface area (Å²) in [6, 6.07) is 0. The SMILES string of the molecule is C=C/C(C)=N\O. The van der Waals surface area contributed by atoms with Crippen molar-refractivity contribution in [2.45, 2.75) is 6.92 Å². The van der Waals surface area contributed by atoms with Gasteiger partial charge in [-0.2, -0.15) is 0 Å². The van der Waals surface area contributed by atoms with Crippen molar-refractivity contribution in [2.75, 3.05) is 0 Å². The maximum absolute atomic E-state index is 7.85. The van der Waals surface area contributed by atoms with Gasteiger partial charge >= 0.3 is 0 Å². The van der Waals surface area contributed by atoms with E-state index in [1.807, 2.05) is 0 Å². The van der Waals surface area contributed by atoms with Crippen LogP contribution in [0.2, 0.25) is 0 Å². The monoisotopic (exact) mass is 85.1 g/mol. The van der Waals surface area contributed by atoms with Crippen LogP contribution in [0.5, 0.6) is 0 Å². The van der Waals surface area contributed by atoms with Crippen LogP contribution in [-0.4, -0.2) is 10.9 Å². The molecule has 34 valence electrons. The van der Waals surface area contributed by atoms with Crippen LogP contribution in [0.3, 0.4) is 0 Å². The second kappa shape index (κ2) is 2.45. The van der Waals surface area contributed by atoms with Crippen molar-refractivity contribution in [3.05, 3.63) is 12.7 Å². The molecule has 0 rings (SSSR count). The average Bonchev–Trinajstić information content (AvgIpc) is 1.65. The van der Waals surface area contributed by atoms with Crippen molar-refractivity contribution >= 4 is 5.71 Å². The van der Waals surface area contributed by atoms with Gasteiger partial charge in [0.2, 0.25) is 0 Å². The normalized spacial score (nSPS) is 11.2. The molecule has 0 spiro atoms. The van der Waals surface area contributed by atoms with Crippen LogP contribution >= 0.6 is 0 Å². The van der Waals surface area contributed by atoms with E-state index < -0.39 is 0 Å². The summed E-state index contributed by atoms with van der Waals surface area (Å²) in [6.45, 7) is 5.00. The van der Waals surface area contributed by atoms with E-state index in [2.05, 4.69) is 11.7 Å². The fourth-order valence-corrected chi connectivity index (χ4v) is 0.0408. The molecule has 0 unspecified atom stereocenters. The van der Waals surface area contributed by atoms with Crippen LogP contribution in [0.1, 0.15) is 6.92 Å². The van der Waals surface area contributed by atoms with Crippen LogP contribution in [0.4, 0.5) is 0 Å². The molecule has 0 fully saturated rings. The number of rotatable bonds is 1. The van der Waals surface area contributed by atoms with E-state index in [1.54, 1.807) is 6.92 Å². The Morgan fingerprint density at radius 3 is 2.50 bits per heavy atom. The fourth-order valence-electron chi connectivity index (χ4n) is 0.0408. The second-order valence-electron chi connectivity index (χ2n) is 0.946. The zero-order valence-corrected chi connectivity index (χ0v) is 3.68. The van der Waals surface area contributed by atoms with Gasteiger partial charge in [-0.3, -0.25) is 0 Å².